The van der Waals surface area contributed by atoms with Crippen molar-refractivity contribution >= 4 is 19.2 Å². The quantitative estimate of drug-likeness (QED) is 0.364. The molecule has 1 aromatic carbocycles. The Morgan fingerprint density at radius 3 is 2.38 bits per heavy atom. The molecule has 0 bridgehead atoms. The second-order valence-electron chi connectivity index (χ2n) is 8.42. The summed E-state index contributed by atoms with van der Waals surface area (Å²) in [5.74, 6) is -0.652. The highest BCUT2D eigenvalue weighted by atomic mass is 16.5. The molecule has 0 fully saturated rings. The molecule has 0 N–H and O–H groups in total. The maximum Gasteiger partial charge on any atom is 0.308 e. The molecule has 6 heteroatoms. The van der Waals surface area contributed by atoms with Crippen LogP contribution in [0.2, 0.25) is 11.6 Å². The summed E-state index contributed by atoms with van der Waals surface area (Å²) >= 11 is 0. The molecule has 0 aliphatic carbocycles. The van der Waals surface area contributed by atoms with Crippen molar-refractivity contribution in [2.24, 2.45) is 5.92 Å². The van der Waals surface area contributed by atoms with Crippen molar-refractivity contribution in [2.75, 3.05) is 27.2 Å². The summed E-state index contributed by atoms with van der Waals surface area (Å²) in [6, 6.07) is 9.88. The Labute approximate surface area is 177 Å². The summed E-state index contributed by atoms with van der Waals surface area (Å²) < 4.78 is 11.3. The Morgan fingerprint density at radius 2 is 1.83 bits per heavy atom. The number of hydrogen-bond donors (Lipinski definition) is 0. The van der Waals surface area contributed by atoms with Crippen LogP contribution in [-0.4, -0.2) is 51.4 Å². The molecule has 3 atom stereocenters. The van der Waals surface area contributed by atoms with E-state index in [1.807, 2.05) is 70.1 Å². The zero-order valence-corrected chi connectivity index (χ0v) is 19.1. The minimum absolute atomic E-state index is 0.185. The Balaban J connectivity index is 2.62. The lowest BCUT2D eigenvalue weighted by molar-refractivity contribution is -0.154. The van der Waals surface area contributed by atoms with E-state index in [0.717, 1.165) is 18.4 Å². The van der Waals surface area contributed by atoms with Crippen molar-refractivity contribution < 1.29 is 19.1 Å². The molecule has 3 unspecified atom stereocenters. The summed E-state index contributed by atoms with van der Waals surface area (Å²) in [6.07, 6.45) is 2.79. The SMILES string of the molecule is CCCC(OC(=O)C(C)CBC(C)(CC)C(=O)OCCN(C)C)c1ccccc1. The van der Waals surface area contributed by atoms with E-state index < -0.39 is 5.31 Å². The maximum atomic E-state index is 12.7. The molecule has 0 aliphatic rings. The largest absolute Gasteiger partial charge is 0.464 e. The third-order valence-electron chi connectivity index (χ3n) is 5.56. The minimum atomic E-state index is -0.580. The average molecular weight is 403 g/mol. The molecule has 5 nitrogen and oxygen atoms in total. The monoisotopic (exact) mass is 403 g/mol. The van der Waals surface area contributed by atoms with E-state index in [9.17, 15) is 9.59 Å². The molecule has 1 aromatic rings. The van der Waals surface area contributed by atoms with Gasteiger partial charge in [-0.1, -0.05) is 70.8 Å². The van der Waals surface area contributed by atoms with Gasteiger partial charge in [-0.05, 0) is 32.5 Å². The molecule has 0 spiro atoms. The number of esters is 2. The maximum absolute atomic E-state index is 12.7. The fourth-order valence-corrected chi connectivity index (χ4v) is 3.05. The number of ether oxygens (including phenoxy) is 2. The van der Waals surface area contributed by atoms with Crippen LogP contribution in [0.25, 0.3) is 0 Å². The fraction of sp³-hybridized carbons (Fsp3) is 0.652. The Morgan fingerprint density at radius 1 is 1.17 bits per heavy atom. The predicted octanol–water partition coefficient (Wildman–Crippen LogP) is 4.26. The van der Waals surface area contributed by atoms with Crippen LogP contribution in [-0.2, 0) is 19.1 Å². The van der Waals surface area contributed by atoms with Gasteiger partial charge in [0.2, 0.25) is 0 Å². The molecule has 0 aliphatic heterocycles. The van der Waals surface area contributed by atoms with Crippen molar-refractivity contribution in [3.05, 3.63) is 35.9 Å². The first-order valence-electron chi connectivity index (χ1n) is 10.8. The lowest BCUT2D eigenvalue weighted by Gasteiger charge is -2.27. The number of carbonyl (C=O) groups excluding carboxylic acids is 2. The van der Waals surface area contributed by atoms with Gasteiger partial charge in [0.15, 0.2) is 0 Å². The van der Waals surface area contributed by atoms with Crippen LogP contribution in [0.3, 0.4) is 0 Å². The van der Waals surface area contributed by atoms with Crippen molar-refractivity contribution in [1.82, 2.24) is 4.90 Å². The van der Waals surface area contributed by atoms with E-state index in [2.05, 4.69) is 6.92 Å². The molecule has 0 aromatic heterocycles. The molecule has 1 rings (SSSR count). The second kappa shape index (κ2) is 12.7. The van der Waals surface area contributed by atoms with E-state index in [-0.39, 0.29) is 24.0 Å². The zero-order valence-electron chi connectivity index (χ0n) is 19.1. The van der Waals surface area contributed by atoms with Gasteiger partial charge in [0.05, 0.1) is 0 Å². The van der Waals surface area contributed by atoms with Crippen molar-refractivity contribution in [2.45, 2.75) is 64.7 Å². The van der Waals surface area contributed by atoms with E-state index in [4.69, 9.17) is 9.47 Å². The number of benzene rings is 1. The Bertz CT molecular complexity index is 623. The predicted molar refractivity (Wildman–Crippen MR) is 119 cm³/mol. The first kappa shape index (κ1) is 25.2. The molecule has 0 amide bonds. The van der Waals surface area contributed by atoms with Crippen molar-refractivity contribution in [3.8, 4) is 0 Å². The van der Waals surface area contributed by atoms with Gasteiger partial charge in [-0.25, -0.2) is 0 Å². The van der Waals surface area contributed by atoms with Gasteiger partial charge in [0.25, 0.3) is 0 Å². The van der Waals surface area contributed by atoms with Crippen LogP contribution in [0.15, 0.2) is 30.3 Å². The molecular formula is C23H38BNO4. The lowest BCUT2D eigenvalue weighted by Crippen LogP contribution is -2.32. The van der Waals surface area contributed by atoms with Crippen molar-refractivity contribution in [1.29, 1.82) is 0 Å². The molecule has 0 saturated heterocycles. The molecule has 0 radical (unpaired) electrons. The molecular weight excluding hydrogens is 365 g/mol. The smallest absolute Gasteiger partial charge is 0.308 e. The molecule has 0 saturated carbocycles. The number of hydrogen-bond acceptors (Lipinski definition) is 5. The number of carbonyl (C=O) groups is 2. The van der Waals surface area contributed by atoms with Crippen LogP contribution in [0.4, 0.5) is 0 Å². The fourth-order valence-electron chi connectivity index (χ4n) is 3.05. The van der Waals surface area contributed by atoms with Gasteiger partial charge in [0, 0.05) is 17.8 Å². The van der Waals surface area contributed by atoms with Gasteiger partial charge in [-0.2, -0.15) is 0 Å². The van der Waals surface area contributed by atoms with E-state index in [0.29, 0.717) is 33.2 Å². The average Bonchev–Trinajstić information content (AvgIpc) is 2.71. The topological polar surface area (TPSA) is 55.8 Å². The lowest BCUT2D eigenvalue weighted by atomic mass is 9.48. The highest BCUT2D eigenvalue weighted by molar-refractivity contribution is 6.46. The Hall–Kier alpha value is -1.82. The van der Waals surface area contributed by atoms with Crippen LogP contribution in [0, 0.1) is 5.92 Å². The molecule has 0 heterocycles. The summed E-state index contributed by atoms with van der Waals surface area (Å²) in [6.45, 7) is 8.96. The van der Waals surface area contributed by atoms with Gasteiger partial charge < -0.3 is 14.4 Å². The summed E-state index contributed by atoms with van der Waals surface area (Å²) in [4.78, 5) is 27.2. The first-order chi connectivity index (χ1) is 13.7. The zero-order chi connectivity index (χ0) is 21.9. The van der Waals surface area contributed by atoms with Gasteiger partial charge in [-0.3, -0.25) is 9.59 Å². The van der Waals surface area contributed by atoms with Crippen LogP contribution in [0.5, 0.6) is 0 Å². The van der Waals surface area contributed by atoms with Crippen LogP contribution < -0.4 is 0 Å². The van der Waals surface area contributed by atoms with E-state index in [1.165, 1.54) is 0 Å². The summed E-state index contributed by atoms with van der Waals surface area (Å²) in [5, 5.41) is -0.580. The summed E-state index contributed by atoms with van der Waals surface area (Å²) in [5.41, 5.74) is 1.03. The molecule has 162 valence electrons. The molecule has 29 heavy (non-hydrogen) atoms. The highest BCUT2D eigenvalue weighted by Gasteiger charge is 2.35. The van der Waals surface area contributed by atoms with E-state index in [1.54, 1.807) is 0 Å². The van der Waals surface area contributed by atoms with Crippen molar-refractivity contribution in [3.63, 3.8) is 0 Å². The number of rotatable bonds is 13. The normalized spacial score (nSPS) is 15.3. The third-order valence-corrected chi connectivity index (χ3v) is 5.56. The van der Waals surface area contributed by atoms with Gasteiger partial charge in [0.1, 0.15) is 20.0 Å². The van der Waals surface area contributed by atoms with Gasteiger partial charge >= 0.3 is 11.9 Å². The second-order valence-corrected chi connectivity index (χ2v) is 8.42. The van der Waals surface area contributed by atoms with Crippen LogP contribution in [0.1, 0.15) is 58.6 Å². The standard InChI is InChI=1S/C23H38BNO4/c1-7-12-20(19-13-10-9-11-14-19)29-21(26)18(3)17-24-23(4,8-2)22(27)28-16-15-25(5)6/h9-11,13-14,18,20,24H,7-8,12,15-17H2,1-6H3. The minimum Gasteiger partial charge on any atom is -0.464 e. The summed E-state index contributed by atoms with van der Waals surface area (Å²) in [7, 11) is 4.49. The third kappa shape index (κ3) is 8.61. The Kier molecular flexibility index (Phi) is 11.0. The number of nitrogens with zero attached hydrogens (tertiary/aromatic N) is 1. The highest BCUT2D eigenvalue weighted by Crippen LogP contribution is 2.33. The number of likely N-dealkylation sites (N-methyl/N-ethyl adjacent to an activating group) is 1. The van der Waals surface area contributed by atoms with Gasteiger partial charge in [-0.15, -0.1) is 0 Å². The first-order valence-corrected chi connectivity index (χ1v) is 10.8. The van der Waals surface area contributed by atoms with Crippen LogP contribution >= 0.6 is 0 Å². The van der Waals surface area contributed by atoms with E-state index >= 15 is 0 Å².